The molecule has 3 aliphatic carbocycles. The summed E-state index contributed by atoms with van der Waals surface area (Å²) in [5.41, 5.74) is -4.91. The molecule has 0 spiro atoms. The van der Waals surface area contributed by atoms with Gasteiger partial charge in [0.05, 0.1) is 11.2 Å². The van der Waals surface area contributed by atoms with Crippen molar-refractivity contribution in [2.24, 2.45) is 22.7 Å². The van der Waals surface area contributed by atoms with Gasteiger partial charge in [-0.2, -0.15) is 0 Å². The van der Waals surface area contributed by atoms with Crippen LogP contribution in [-0.2, 0) is 28.6 Å². The van der Waals surface area contributed by atoms with Gasteiger partial charge in [0.25, 0.3) is 0 Å². The van der Waals surface area contributed by atoms with Crippen LogP contribution in [0, 0.1) is 22.7 Å². The van der Waals surface area contributed by atoms with E-state index >= 15 is 0 Å². The van der Waals surface area contributed by atoms with Gasteiger partial charge in [-0.15, -0.1) is 0 Å². The third kappa shape index (κ3) is 3.12. The van der Waals surface area contributed by atoms with E-state index in [9.17, 15) is 29.7 Å². The van der Waals surface area contributed by atoms with Gasteiger partial charge in [0, 0.05) is 37.3 Å². The molecule has 0 aromatic carbocycles. The number of hydrogen-bond donors (Lipinski definition) is 3. The fourth-order valence-corrected chi connectivity index (χ4v) is 7.63. The third-order valence-corrected chi connectivity index (χ3v) is 9.05. The number of aliphatic hydroxyl groups is 3. The van der Waals surface area contributed by atoms with Crippen LogP contribution in [0.5, 0.6) is 0 Å². The zero-order valence-electron chi connectivity index (χ0n) is 20.0. The lowest BCUT2D eigenvalue weighted by molar-refractivity contribution is -0.327. The molecule has 3 fully saturated rings. The van der Waals surface area contributed by atoms with Crippen LogP contribution in [0.15, 0.2) is 11.6 Å². The highest BCUT2D eigenvalue weighted by atomic mass is 16.7. The Morgan fingerprint density at radius 1 is 1.00 bits per heavy atom. The van der Waals surface area contributed by atoms with Crippen LogP contribution in [0.25, 0.3) is 0 Å². The molecule has 0 unspecified atom stereocenters. The molecule has 3 N–H and O–H groups in total. The highest BCUT2D eigenvalue weighted by Crippen LogP contribution is 2.69. The minimum Gasteiger partial charge on any atom is -0.459 e. The zero-order valence-corrected chi connectivity index (χ0v) is 20.0. The smallest absolute Gasteiger partial charge is 0.333 e. The zero-order chi connectivity index (χ0) is 24.8. The van der Waals surface area contributed by atoms with Gasteiger partial charge in [-0.3, -0.25) is 9.59 Å². The molecule has 8 atom stereocenters. The van der Waals surface area contributed by atoms with Crippen molar-refractivity contribution in [1.82, 2.24) is 0 Å². The molecular weight excluding hydrogens is 432 g/mol. The maximum absolute atomic E-state index is 12.3. The number of carbonyl (C=O) groups is 3. The van der Waals surface area contributed by atoms with Crippen molar-refractivity contribution in [3.8, 4) is 0 Å². The lowest BCUT2D eigenvalue weighted by Crippen LogP contribution is -2.76. The summed E-state index contributed by atoms with van der Waals surface area (Å²) < 4.78 is 16.6. The number of fused-ring (bicyclic) bond motifs is 4. The highest BCUT2D eigenvalue weighted by molar-refractivity contribution is 5.87. The molecule has 0 bridgehead atoms. The van der Waals surface area contributed by atoms with Gasteiger partial charge in [0.15, 0.2) is 0 Å². The van der Waals surface area contributed by atoms with Crippen molar-refractivity contribution in [2.75, 3.05) is 0 Å². The predicted molar refractivity (Wildman–Crippen MR) is 113 cm³/mol. The summed E-state index contributed by atoms with van der Waals surface area (Å²) in [6.07, 6.45) is 0.133. The third-order valence-electron chi connectivity index (χ3n) is 9.05. The number of carbonyl (C=O) groups excluding carboxylic acids is 3. The fourth-order valence-electron chi connectivity index (χ4n) is 7.63. The van der Waals surface area contributed by atoms with Crippen LogP contribution in [0.3, 0.4) is 0 Å². The topological polar surface area (TPSA) is 140 Å². The maximum Gasteiger partial charge on any atom is 0.333 e. The van der Waals surface area contributed by atoms with E-state index in [4.69, 9.17) is 14.2 Å². The van der Waals surface area contributed by atoms with Gasteiger partial charge in [-0.05, 0) is 43.4 Å². The first kappa shape index (κ1) is 24.2. The Morgan fingerprint density at radius 2 is 1.61 bits per heavy atom. The van der Waals surface area contributed by atoms with Gasteiger partial charge in [0.1, 0.15) is 12.2 Å². The Bertz CT molecular complexity index is 936. The molecule has 4 rings (SSSR count). The van der Waals surface area contributed by atoms with Crippen molar-refractivity contribution in [3.63, 3.8) is 0 Å². The van der Waals surface area contributed by atoms with E-state index in [-0.39, 0.29) is 18.4 Å². The molecule has 3 saturated carbocycles. The van der Waals surface area contributed by atoms with Gasteiger partial charge in [0.2, 0.25) is 5.79 Å². The Balaban J connectivity index is 1.91. The summed E-state index contributed by atoms with van der Waals surface area (Å²) in [7, 11) is 0. The SMILES string of the molecule is CC(=O)O[C@H]1CC(C)(C)[C@]2(O)CC[C@H]3[C@H](C[C@@]4(O)OC(=O)C=C4[C@@]3(C)O)[C@@]2(C)[C@H]1OC(C)=O. The van der Waals surface area contributed by atoms with Crippen LogP contribution in [0.1, 0.15) is 67.2 Å². The standard InChI is InChI=1S/C24H34O9/c1-12(25)31-16-11-20(3,4)24(30)8-7-14-15(21(24,5)19(16)32-13(2)26)10-23(29)17(22(14,6)28)9-18(27)33-23/h9,14-16,19,28-30H,7-8,10-11H2,1-6H3/t14-,15-,16-,19-,21-,22-,23+,24+/m0/s1. The first-order valence-electron chi connectivity index (χ1n) is 11.5. The van der Waals surface area contributed by atoms with Crippen molar-refractivity contribution in [1.29, 1.82) is 0 Å². The van der Waals surface area contributed by atoms with Crippen molar-refractivity contribution < 1.29 is 43.9 Å². The molecule has 9 heteroatoms. The molecule has 0 saturated heterocycles. The van der Waals surface area contributed by atoms with Gasteiger partial charge in [-0.1, -0.05) is 20.8 Å². The Hall–Kier alpha value is -1.97. The fraction of sp³-hybridized carbons (Fsp3) is 0.792. The second kappa shape index (κ2) is 7.02. The molecule has 9 nitrogen and oxygen atoms in total. The molecule has 0 aromatic rings. The highest BCUT2D eigenvalue weighted by Gasteiger charge is 2.76. The Kier molecular flexibility index (Phi) is 5.14. The summed E-state index contributed by atoms with van der Waals surface area (Å²) in [6, 6.07) is 0. The number of esters is 3. The van der Waals surface area contributed by atoms with E-state index in [1.807, 2.05) is 13.8 Å². The van der Waals surface area contributed by atoms with Gasteiger partial charge in [-0.25, -0.2) is 4.79 Å². The molecule has 0 amide bonds. The second-order valence-corrected chi connectivity index (χ2v) is 11.3. The molecule has 184 valence electrons. The van der Waals surface area contributed by atoms with E-state index in [2.05, 4.69) is 0 Å². The second-order valence-electron chi connectivity index (χ2n) is 11.3. The van der Waals surface area contributed by atoms with Gasteiger partial charge >= 0.3 is 17.9 Å². The Labute approximate surface area is 193 Å². The number of hydrogen-bond acceptors (Lipinski definition) is 9. The monoisotopic (exact) mass is 466 g/mol. The van der Waals surface area contributed by atoms with Crippen LogP contribution < -0.4 is 0 Å². The van der Waals surface area contributed by atoms with Crippen molar-refractivity contribution in [2.45, 2.75) is 96.4 Å². The van der Waals surface area contributed by atoms with Gasteiger partial charge < -0.3 is 29.5 Å². The van der Waals surface area contributed by atoms with Crippen molar-refractivity contribution >= 4 is 17.9 Å². The molecular formula is C24H34O9. The van der Waals surface area contributed by atoms with E-state index in [1.165, 1.54) is 20.8 Å². The average molecular weight is 467 g/mol. The summed E-state index contributed by atoms with van der Waals surface area (Å²) in [6.45, 7) is 9.57. The van der Waals surface area contributed by atoms with E-state index < -0.39 is 69.8 Å². The Morgan fingerprint density at radius 3 is 2.18 bits per heavy atom. The molecule has 0 radical (unpaired) electrons. The molecule has 4 aliphatic rings. The minimum absolute atomic E-state index is 0.0924. The number of rotatable bonds is 2. The quantitative estimate of drug-likeness (QED) is 0.407. The van der Waals surface area contributed by atoms with Crippen molar-refractivity contribution in [3.05, 3.63) is 11.6 Å². The molecule has 0 aromatic heterocycles. The lowest BCUT2D eigenvalue weighted by Gasteiger charge is -2.69. The summed E-state index contributed by atoms with van der Waals surface area (Å²) >= 11 is 0. The minimum atomic E-state index is -2.04. The first-order chi connectivity index (χ1) is 15.0. The summed E-state index contributed by atoms with van der Waals surface area (Å²) in [5.74, 6) is -5.04. The van der Waals surface area contributed by atoms with Crippen LogP contribution in [0.4, 0.5) is 0 Å². The largest absolute Gasteiger partial charge is 0.459 e. The van der Waals surface area contributed by atoms with E-state index in [0.717, 1.165) is 6.08 Å². The number of ether oxygens (including phenoxy) is 3. The van der Waals surface area contributed by atoms with E-state index in [0.29, 0.717) is 12.8 Å². The molecule has 1 aliphatic heterocycles. The summed E-state index contributed by atoms with van der Waals surface area (Å²) in [5, 5.41) is 35.2. The lowest BCUT2D eigenvalue weighted by atomic mass is 9.39. The normalized spacial score (nSPS) is 47.9. The maximum atomic E-state index is 12.3. The van der Waals surface area contributed by atoms with Crippen LogP contribution >= 0.6 is 0 Å². The molecule has 33 heavy (non-hydrogen) atoms. The molecule has 1 heterocycles. The van der Waals surface area contributed by atoms with E-state index in [1.54, 1.807) is 6.92 Å². The predicted octanol–water partition coefficient (Wildman–Crippen LogP) is 1.37. The first-order valence-corrected chi connectivity index (χ1v) is 11.5. The van der Waals surface area contributed by atoms with Crippen LogP contribution in [0.2, 0.25) is 0 Å². The van der Waals surface area contributed by atoms with Crippen LogP contribution in [-0.4, -0.2) is 62.4 Å². The average Bonchev–Trinajstić information content (AvgIpc) is 2.96. The summed E-state index contributed by atoms with van der Waals surface area (Å²) in [4.78, 5) is 36.2.